The predicted octanol–water partition coefficient (Wildman–Crippen LogP) is 1.47. The number of cyclic esters (lactones) is 1. The Balaban J connectivity index is 2.15. The first kappa shape index (κ1) is 14.5. The zero-order chi connectivity index (χ0) is 14.8. The molecule has 0 unspecified atom stereocenters. The number of fused-ring (bicyclic) bond motifs is 1. The van der Waals surface area contributed by atoms with Crippen LogP contribution in [0.4, 0.5) is 0 Å². The van der Waals surface area contributed by atoms with Crippen molar-refractivity contribution in [3.05, 3.63) is 35.4 Å². The minimum absolute atomic E-state index is 0.207. The molecule has 0 radical (unpaired) electrons. The van der Waals surface area contributed by atoms with E-state index in [1.165, 1.54) is 6.92 Å². The molecule has 0 fully saturated rings. The maximum absolute atomic E-state index is 11.9. The van der Waals surface area contributed by atoms with E-state index >= 15 is 0 Å². The quantitative estimate of drug-likeness (QED) is 0.844. The summed E-state index contributed by atoms with van der Waals surface area (Å²) in [6, 6.07) is 7.10. The molecule has 1 aromatic carbocycles. The van der Waals surface area contributed by atoms with Gasteiger partial charge in [-0.15, -0.1) is 0 Å². The minimum Gasteiger partial charge on any atom is -0.466 e. The normalized spacial score (nSPS) is 20.6. The molecule has 1 aliphatic rings. The second kappa shape index (κ2) is 5.63. The zero-order valence-corrected chi connectivity index (χ0v) is 11.6. The van der Waals surface area contributed by atoms with Gasteiger partial charge in [0.05, 0.1) is 18.6 Å². The van der Waals surface area contributed by atoms with E-state index in [-0.39, 0.29) is 13.0 Å². The van der Waals surface area contributed by atoms with Gasteiger partial charge in [-0.05, 0) is 25.5 Å². The van der Waals surface area contributed by atoms with Gasteiger partial charge in [-0.1, -0.05) is 18.2 Å². The number of carbonyl (C=O) groups is 2. The lowest BCUT2D eigenvalue weighted by atomic mass is 9.87. The second-order valence-electron chi connectivity index (χ2n) is 5.09. The lowest BCUT2D eigenvalue weighted by molar-refractivity contribution is -0.154. The second-order valence-corrected chi connectivity index (χ2v) is 5.09. The van der Waals surface area contributed by atoms with E-state index in [0.29, 0.717) is 12.0 Å². The van der Waals surface area contributed by atoms with Crippen LogP contribution < -0.4 is 0 Å². The highest BCUT2D eigenvalue weighted by Crippen LogP contribution is 2.28. The van der Waals surface area contributed by atoms with Gasteiger partial charge in [-0.25, -0.2) is 4.79 Å². The Morgan fingerprint density at radius 3 is 2.90 bits per heavy atom. The number of carbonyl (C=O) groups excluding carboxylic acids is 2. The Kier molecular flexibility index (Phi) is 4.09. The fourth-order valence-corrected chi connectivity index (χ4v) is 2.30. The monoisotopic (exact) mass is 278 g/mol. The van der Waals surface area contributed by atoms with Crippen molar-refractivity contribution in [3.63, 3.8) is 0 Å². The van der Waals surface area contributed by atoms with Gasteiger partial charge >= 0.3 is 11.9 Å². The van der Waals surface area contributed by atoms with Gasteiger partial charge in [-0.3, -0.25) is 4.79 Å². The van der Waals surface area contributed by atoms with Gasteiger partial charge in [0.15, 0.2) is 0 Å². The number of hydrogen-bond acceptors (Lipinski definition) is 5. The summed E-state index contributed by atoms with van der Waals surface area (Å²) in [5.41, 5.74) is -0.122. The van der Waals surface area contributed by atoms with E-state index in [1.54, 1.807) is 19.1 Å². The van der Waals surface area contributed by atoms with E-state index in [9.17, 15) is 14.7 Å². The molecule has 1 aliphatic heterocycles. The molecule has 0 saturated heterocycles. The molecular weight excluding hydrogens is 260 g/mol. The fourth-order valence-electron chi connectivity index (χ4n) is 2.30. The molecule has 0 aliphatic carbocycles. The van der Waals surface area contributed by atoms with E-state index in [0.717, 1.165) is 5.56 Å². The van der Waals surface area contributed by atoms with Gasteiger partial charge in [0.1, 0.15) is 11.7 Å². The van der Waals surface area contributed by atoms with Crippen LogP contribution >= 0.6 is 0 Å². The molecule has 5 nitrogen and oxygen atoms in total. The van der Waals surface area contributed by atoms with Crippen LogP contribution in [0.25, 0.3) is 0 Å². The summed E-state index contributed by atoms with van der Waals surface area (Å²) < 4.78 is 10.1. The lowest BCUT2D eigenvalue weighted by Crippen LogP contribution is -2.47. The summed E-state index contributed by atoms with van der Waals surface area (Å²) in [5.74, 6) is -0.978. The average molecular weight is 278 g/mol. The first-order valence-corrected chi connectivity index (χ1v) is 6.61. The zero-order valence-electron chi connectivity index (χ0n) is 11.6. The van der Waals surface area contributed by atoms with Crippen LogP contribution in [0.3, 0.4) is 0 Å². The number of benzene rings is 1. The van der Waals surface area contributed by atoms with Gasteiger partial charge in [-0.2, -0.15) is 0 Å². The Morgan fingerprint density at radius 1 is 1.50 bits per heavy atom. The van der Waals surface area contributed by atoms with Gasteiger partial charge in [0, 0.05) is 6.42 Å². The molecule has 1 aromatic rings. The highest BCUT2D eigenvalue weighted by molar-refractivity contribution is 5.92. The van der Waals surface area contributed by atoms with Crippen LogP contribution in [0, 0.1) is 0 Å². The standard InChI is InChI=1S/C15H18O5/c1-3-19-13(16)9-15(2,18)12-8-10-6-4-5-7-11(10)14(17)20-12/h4-7,12,18H,3,8-9H2,1-2H3/t12-,15-/m1/s1. The SMILES string of the molecule is CCOC(=O)C[C@@](C)(O)[C@H]1Cc2ccccc2C(=O)O1. The smallest absolute Gasteiger partial charge is 0.338 e. The number of rotatable bonds is 4. The number of hydrogen-bond donors (Lipinski definition) is 1. The Bertz CT molecular complexity index is 521. The molecule has 0 saturated carbocycles. The Labute approximate surface area is 117 Å². The molecule has 1 heterocycles. The summed E-state index contributed by atoms with van der Waals surface area (Å²) in [4.78, 5) is 23.4. The van der Waals surface area contributed by atoms with Gasteiger partial charge in [0.2, 0.25) is 0 Å². The molecule has 5 heteroatoms. The van der Waals surface area contributed by atoms with E-state index in [4.69, 9.17) is 9.47 Å². The van der Waals surface area contributed by atoms with Gasteiger partial charge < -0.3 is 14.6 Å². The third-order valence-electron chi connectivity index (χ3n) is 3.39. The summed E-state index contributed by atoms with van der Waals surface area (Å²) in [5, 5.41) is 10.4. The van der Waals surface area contributed by atoms with Crippen molar-refractivity contribution in [2.45, 2.75) is 38.4 Å². The van der Waals surface area contributed by atoms with Crippen molar-refractivity contribution in [2.24, 2.45) is 0 Å². The van der Waals surface area contributed by atoms with Crippen molar-refractivity contribution in [1.29, 1.82) is 0 Å². The molecule has 2 rings (SSSR count). The van der Waals surface area contributed by atoms with Crippen molar-refractivity contribution in [2.75, 3.05) is 6.61 Å². The van der Waals surface area contributed by atoms with E-state index in [1.807, 2.05) is 12.1 Å². The maximum atomic E-state index is 11.9. The molecule has 0 spiro atoms. The number of ether oxygens (including phenoxy) is 2. The van der Waals surface area contributed by atoms with Crippen LogP contribution in [-0.4, -0.2) is 35.4 Å². The van der Waals surface area contributed by atoms with Crippen LogP contribution in [0.1, 0.15) is 36.2 Å². The third-order valence-corrected chi connectivity index (χ3v) is 3.39. The van der Waals surface area contributed by atoms with Crippen LogP contribution in [-0.2, 0) is 20.7 Å². The summed E-state index contributed by atoms with van der Waals surface area (Å²) in [6.07, 6.45) is -0.579. The Morgan fingerprint density at radius 2 is 2.20 bits per heavy atom. The van der Waals surface area contributed by atoms with Crippen molar-refractivity contribution < 1.29 is 24.2 Å². The number of aliphatic hydroxyl groups is 1. The van der Waals surface area contributed by atoms with Crippen molar-refractivity contribution in [1.82, 2.24) is 0 Å². The van der Waals surface area contributed by atoms with E-state index < -0.39 is 23.6 Å². The minimum atomic E-state index is -1.45. The average Bonchev–Trinajstić information content (AvgIpc) is 2.38. The Hall–Kier alpha value is -1.88. The maximum Gasteiger partial charge on any atom is 0.338 e. The topological polar surface area (TPSA) is 72.8 Å². The molecule has 20 heavy (non-hydrogen) atoms. The highest BCUT2D eigenvalue weighted by atomic mass is 16.6. The van der Waals surface area contributed by atoms with Gasteiger partial charge in [0.25, 0.3) is 0 Å². The van der Waals surface area contributed by atoms with Crippen LogP contribution in [0.5, 0.6) is 0 Å². The van der Waals surface area contributed by atoms with Crippen LogP contribution in [0.2, 0.25) is 0 Å². The van der Waals surface area contributed by atoms with Crippen molar-refractivity contribution in [3.8, 4) is 0 Å². The lowest BCUT2D eigenvalue weighted by Gasteiger charge is -2.34. The fraction of sp³-hybridized carbons (Fsp3) is 0.467. The largest absolute Gasteiger partial charge is 0.466 e. The summed E-state index contributed by atoms with van der Waals surface area (Å²) >= 11 is 0. The number of esters is 2. The molecule has 0 aromatic heterocycles. The molecule has 1 N–H and O–H groups in total. The first-order valence-electron chi connectivity index (χ1n) is 6.61. The third kappa shape index (κ3) is 2.99. The highest BCUT2D eigenvalue weighted by Gasteiger charge is 2.41. The van der Waals surface area contributed by atoms with Crippen LogP contribution in [0.15, 0.2) is 24.3 Å². The van der Waals surface area contributed by atoms with E-state index in [2.05, 4.69) is 0 Å². The van der Waals surface area contributed by atoms with Crippen molar-refractivity contribution >= 4 is 11.9 Å². The molecule has 108 valence electrons. The predicted molar refractivity (Wildman–Crippen MR) is 71.2 cm³/mol. The molecular formula is C15H18O5. The molecule has 2 atom stereocenters. The molecule has 0 bridgehead atoms. The summed E-state index contributed by atoms with van der Waals surface area (Å²) in [7, 11) is 0. The first-order chi connectivity index (χ1) is 9.44. The summed E-state index contributed by atoms with van der Waals surface area (Å²) in [6.45, 7) is 3.43. The molecule has 0 amide bonds.